The number of hydrogen-bond donors (Lipinski definition) is 0. The summed E-state index contributed by atoms with van der Waals surface area (Å²) in [5.41, 5.74) is 9.27. The first-order chi connectivity index (χ1) is 23.1. The van der Waals surface area contributed by atoms with E-state index >= 15 is 0 Å². The molecule has 6 aromatic carbocycles. The summed E-state index contributed by atoms with van der Waals surface area (Å²) >= 11 is 0. The van der Waals surface area contributed by atoms with Crippen LogP contribution in [0.5, 0.6) is 5.75 Å². The zero-order chi connectivity index (χ0) is 31.5. The van der Waals surface area contributed by atoms with E-state index in [1.54, 1.807) is 0 Å². The molecule has 0 bridgehead atoms. The van der Waals surface area contributed by atoms with Crippen molar-refractivity contribution in [2.75, 3.05) is 11.5 Å². The van der Waals surface area contributed by atoms with Gasteiger partial charge in [-0.3, -0.25) is 4.79 Å². The Bertz CT molecular complexity index is 2340. The number of benzene rings is 6. The molecule has 3 aliphatic rings. The Morgan fingerprint density at radius 1 is 0.745 bits per heavy atom. The minimum absolute atomic E-state index is 0. The van der Waals surface area contributed by atoms with Crippen molar-refractivity contribution in [3.8, 4) is 5.75 Å². The molecule has 2 aliphatic carbocycles. The Labute approximate surface area is 276 Å². The van der Waals surface area contributed by atoms with Gasteiger partial charge in [-0.15, -0.1) is 0 Å². The number of anilines is 3. The second kappa shape index (κ2) is 11.0. The number of carbonyl (C=O) groups is 1. The van der Waals surface area contributed by atoms with Crippen molar-refractivity contribution in [2.24, 2.45) is 11.8 Å². The number of nitrogens with zero attached hydrogens (tertiary/aromatic N) is 1. The molecule has 0 radical (unpaired) electrons. The second-order valence-electron chi connectivity index (χ2n) is 12.9. The number of rotatable bonds is 5. The number of ketones is 1. The lowest BCUT2D eigenvalue weighted by Gasteiger charge is -2.28. The molecule has 3 nitrogen and oxygen atoms in total. The average Bonchev–Trinajstić information content (AvgIpc) is 3.92. The number of ether oxygens (including phenoxy) is 1. The van der Waals surface area contributed by atoms with Gasteiger partial charge in [-0.2, -0.15) is 0 Å². The van der Waals surface area contributed by atoms with Crippen LogP contribution in [-0.2, 0) is 4.79 Å². The summed E-state index contributed by atoms with van der Waals surface area (Å²) in [6, 6.07) is 42.6. The molecule has 1 saturated carbocycles. The highest BCUT2D eigenvalue weighted by Crippen LogP contribution is 2.47. The Morgan fingerprint density at radius 3 is 2.43 bits per heavy atom. The summed E-state index contributed by atoms with van der Waals surface area (Å²) in [6.45, 7) is 2.13. The molecule has 0 aromatic heterocycles. The molecule has 1 fully saturated rings. The van der Waals surface area contributed by atoms with E-state index < -0.39 is 0 Å². The van der Waals surface area contributed by atoms with Gasteiger partial charge in [-0.05, 0) is 106 Å². The van der Waals surface area contributed by atoms with Crippen molar-refractivity contribution in [2.45, 2.75) is 13.3 Å². The van der Waals surface area contributed by atoms with E-state index in [0.717, 1.165) is 33.6 Å². The standard InChI is InChI=1S/C44H33NO2.H2/c1-28-13-14-34(24-40(28)33-16-15-32-21-36(32)22-33)41-25-35-18-20-38(26-44(35)47-27-43(41)46)45(37-19-17-29-7-2-3-9-31(29)23-37)42-12-6-10-30-8-4-5-11-39(30)42;/h2-20,22-26,32,36H,21,27H2,1H3;1H. The summed E-state index contributed by atoms with van der Waals surface area (Å²) in [6.07, 6.45) is 10.2. The molecule has 3 heteroatoms. The van der Waals surface area contributed by atoms with Crippen molar-refractivity contribution in [3.05, 3.63) is 162 Å². The van der Waals surface area contributed by atoms with Crippen molar-refractivity contribution in [3.63, 3.8) is 0 Å². The SMILES string of the molecule is Cc1ccc(C2=Cc3ccc(N(c4ccc5ccccc5c4)c4cccc5ccccc45)cc3OCC2=O)cc1C1=CC2CC2C=C1.[HH]. The van der Waals surface area contributed by atoms with Crippen LogP contribution < -0.4 is 9.64 Å². The minimum atomic E-state index is -0.0200. The van der Waals surface area contributed by atoms with E-state index in [1.165, 1.54) is 39.3 Å². The average molecular weight is 610 g/mol. The van der Waals surface area contributed by atoms with Gasteiger partial charge in [-0.1, -0.05) is 97.1 Å². The van der Waals surface area contributed by atoms with Gasteiger partial charge in [0.25, 0.3) is 0 Å². The highest BCUT2D eigenvalue weighted by Gasteiger charge is 2.35. The quantitative estimate of drug-likeness (QED) is 0.195. The molecule has 0 spiro atoms. The maximum atomic E-state index is 13.6. The molecule has 6 aromatic rings. The van der Waals surface area contributed by atoms with Gasteiger partial charge in [-0.25, -0.2) is 0 Å². The van der Waals surface area contributed by atoms with Crippen LogP contribution in [0.4, 0.5) is 17.1 Å². The second-order valence-corrected chi connectivity index (χ2v) is 12.9. The Hall–Kier alpha value is -5.67. The molecular formula is C44H35NO2. The van der Waals surface area contributed by atoms with E-state index in [-0.39, 0.29) is 13.8 Å². The largest absolute Gasteiger partial charge is 0.485 e. The van der Waals surface area contributed by atoms with Crippen LogP contribution in [0.3, 0.4) is 0 Å². The van der Waals surface area contributed by atoms with Gasteiger partial charge in [0.05, 0.1) is 5.69 Å². The van der Waals surface area contributed by atoms with E-state index in [1.807, 2.05) is 6.08 Å². The summed E-state index contributed by atoms with van der Waals surface area (Å²) < 4.78 is 6.27. The molecule has 228 valence electrons. The van der Waals surface area contributed by atoms with Gasteiger partial charge in [0.15, 0.2) is 6.61 Å². The lowest BCUT2D eigenvalue weighted by atomic mass is 9.91. The van der Waals surface area contributed by atoms with Crippen LogP contribution in [0.1, 0.15) is 30.1 Å². The van der Waals surface area contributed by atoms with Crippen LogP contribution in [0.2, 0.25) is 0 Å². The number of allylic oxidation sites excluding steroid dienone is 4. The number of aryl methyl sites for hydroxylation is 1. The third kappa shape index (κ3) is 4.96. The van der Waals surface area contributed by atoms with Gasteiger partial charge in [0, 0.05) is 35.4 Å². The van der Waals surface area contributed by atoms with E-state index in [2.05, 4.69) is 151 Å². The maximum absolute atomic E-state index is 13.6. The zero-order valence-corrected chi connectivity index (χ0v) is 26.2. The zero-order valence-electron chi connectivity index (χ0n) is 26.2. The summed E-state index contributed by atoms with van der Waals surface area (Å²) in [5.74, 6) is 2.05. The highest BCUT2D eigenvalue weighted by molar-refractivity contribution is 6.26. The third-order valence-electron chi connectivity index (χ3n) is 9.88. The van der Waals surface area contributed by atoms with Crippen LogP contribution in [-0.4, -0.2) is 12.4 Å². The molecule has 1 aliphatic heterocycles. The van der Waals surface area contributed by atoms with Crippen LogP contribution in [0.15, 0.2) is 140 Å². The fourth-order valence-electron chi connectivity index (χ4n) is 7.20. The number of hydrogen-bond acceptors (Lipinski definition) is 3. The van der Waals surface area contributed by atoms with E-state index in [9.17, 15) is 4.79 Å². The third-order valence-corrected chi connectivity index (χ3v) is 9.88. The Morgan fingerprint density at radius 2 is 1.53 bits per heavy atom. The first kappa shape index (κ1) is 27.6. The lowest BCUT2D eigenvalue weighted by molar-refractivity contribution is -0.115. The molecule has 9 rings (SSSR count). The molecule has 2 atom stereocenters. The van der Waals surface area contributed by atoms with E-state index in [4.69, 9.17) is 4.74 Å². The fourth-order valence-corrected chi connectivity index (χ4v) is 7.20. The minimum Gasteiger partial charge on any atom is -0.485 e. The van der Waals surface area contributed by atoms with Crippen LogP contribution >= 0.6 is 0 Å². The first-order valence-electron chi connectivity index (χ1n) is 16.4. The molecule has 0 amide bonds. The van der Waals surface area contributed by atoms with Crippen LogP contribution in [0, 0.1) is 18.8 Å². The smallest absolute Gasteiger partial charge is 0.200 e. The van der Waals surface area contributed by atoms with Crippen molar-refractivity contribution < 1.29 is 11.0 Å². The Kier molecular flexibility index (Phi) is 6.46. The number of fused-ring (bicyclic) bond motifs is 4. The number of carbonyl (C=O) groups excluding carboxylic acids is 1. The molecule has 2 unspecified atom stereocenters. The van der Waals surface area contributed by atoms with Crippen LogP contribution in [0.25, 0.3) is 38.8 Å². The maximum Gasteiger partial charge on any atom is 0.200 e. The summed E-state index contributed by atoms with van der Waals surface area (Å²) in [5, 5.41) is 4.70. The lowest BCUT2D eigenvalue weighted by Crippen LogP contribution is -2.13. The monoisotopic (exact) mass is 609 g/mol. The fraction of sp³-hybridized carbons (Fsp3) is 0.114. The number of Topliss-reactive ketones (excluding diaryl/α,β-unsaturated/α-hetero) is 1. The first-order valence-corrected chi connectivity index (χ1v) is 16.4. The summed E-state index contributed by atoms with van der Waals surface area (Å²) in [7, 11) is 0. The molecular weight excluding hydrogens is 574 g/mol. The normalized spacial score (nSPS) is 18.1. The predicted octanol–water partition coefficient (Wildman–Crippen LogP) is 11.1. The van der Waals surface area contributed by atoms with Crippen molar-refractivity contribution in [1.82, 2.24) is 0 Å². The van der Waals surface area contributed by atoms with Gasteiger partial charge >= 0.3 is 0 Å². The molecule has 47 heavy (non-hydrogen) atoms. The van der Waals surface area contributed by atoms with Gasteiger partial charge in [0.1, 0.15) is 5.75 Å². The van der Waals surface area contributed by atoms with Gasteiger partial charge < -0.3 is 9.64 Å². The molecule has 0 saturated heterocycles. The Balaban J connectivity index is 0.00000336. The summed E-state index contributed by atoms with van der Waals surface area (Å²) in [4.78, 5) is 15.9. The molecule has 1 heterocycles. The highest BCUT2D eigenvalue weighted by atomic mass is 16.5. The van der Waals surface area contributed by atoms with Crippen molar-refractivity contribution in [1.29, 1.82) is 0 Å². The van der Waals surface area contributed by atoms with Crippen molar-refractivity contribution >= 4 is 61.6 Å². The predicted molar refractivity (Wildman–Crippen MR) is 197 cm³/mol. The molecule has 0 N–H and O–H groups in total. The van der Waals surface area contributed by atoms with Gasteiger partial charge in [0.2, 0.25) is 5.78 Å². The topological polar surface area (TPSA) is 29.5 Å². The van der Waals surface area contributed by atoms with E-state index in [0.29, 0.717) is 23.2 Å².